The number of fused-ring (bicyclic) bond motifs is 1. The van der Waals surface area contributed by atoms with E-state index in [1.807, 2.05) is 36.4 Å². The van der Waals surface area contributed by atoms with Gasteiger partial charge in [-0.3, -0.25) is 4.79 Å². The van der Waals surface area contributed by atoms with Crippen molar-refractivity contribution in [2.45, 2.75) is 0 Å². The van der Waals surface area contributed by atoms with Gasteiger partial charge in [0, 0.05) is 39.7 Å². The van der Waals surface area contributed by atoms with E-state index in [0.717, 1.165) is 27.8 Å². The number of hydrogen-bond acceptors (Lipinski definition) is 5. The van der Waals surface area contributed by atoms with Gasteiger partial charge in [-0.05, 0) is 54.1 Å². The number of rotatable bonds is 6. The van der Waals surface area contributed by atoms with E-state index in [-0.39, 0.29) is 12.4 Å². The summed E-state index contributed by atoms with van der Waals surface area (Å²) in [7, 11) is 0. The summed E-state index contributed by atoms with van der Waals surface area (Å²) in [6.07, 6.45) is 1.66. The van der Waals surface area contributed by atoms with Gasteiger partial charge in [-0.15, -0.1) is 12.4 Å². The molecule has 5 rings (SSSR count). The highest BCUT2D eigenvalue weighted by molar-refractivity contribution is 5.94. The first-order valence-corrected chi connectivity index (χ1v) is 10.1. The number of aromatic amines is 1. The minimum Gasteiger partial charge on any atom is -0.366 e. The summed E-state index contributed by atoms with van der Waals surface area (Å²) >= 11 is 0. The molecular formula is C25H21ClN6O. The zero-order chi connectivity index (χ0) is 21.9. The third-order valence-electron chi connectivity index (χ3n) is 5.04. The first-order chi connectivity index (χ1) is 15.6. The van der Waals surface area contributed by atoms with Crippen LogP contribution in [-0.2, 0) is 0 Å². The third kappa shape index (κ3) is 4.94. The summed E-state index contributed by atoms with van der Waals surface area (Å²) < 4.78 is 0. The highest BCUT2D eigenvalue weighted by Gasteiger charge is 2.07. The van der Waals surface area contributed by atoms with Crippen molar-refractivity contribution in [1.82, 2.24) is 15.0 Å². The molecule has 3 aromatic carbocycles. The molecule has 8 heteroatoms. The number of anilines is 4. The minimum absolute atomic E-state index is 0. The molecule has 0 bridgehead atoms. The Morgan fingerprint density at radius 2 is 1.67 bits per heavy atom. The van der Waals surface area contributed by atoms with Crippen LogP contribution >= 0.6 is 12.4 Å². The number of benzene rings is 3. The van der Waals surface area contributed by atoms with Gasteiger partial charge in [-0.2, -0.15) is 4.98 Å². The van der Waals surface area contributed by atoms with Crippen molar-refractivity contribution in [2.24, 2.45) is 5.73 Å². The van der Waals surface area contributed by atoms with Crippen LogP contribution in [0.4, 0.5) is 23.1 Å². The van der Waals surface area contributed by atoms with Crippen LogP contribution in [0.1, 0.15) is 10.4 Å². The molecule has 0 aliphatic carbocycles. The number of hydrogen-bond donors (Lipinski definition) is 4. The third-order valence-corrected chi connectivity index (χ3v) is 5.04. The number of amides is 1. The second-order valence-electron chi connectivity index (χ2n) is 7.31. The van der Waals surface area contributed by atoms with Crippen molar-refractivity contribution in [3.63, 3.8) is 0 Å². The van der Waals surface area contributed by atoms with E-state index in [1.165, 1.54) is 0 Å². The van der Waals surface area contributed by atoms with E-state index >= 15 is 0 Å². The molecule has 0 spiro atoms. The Bertz CT molecular complexity index is 1420. The van der Waals surface area contributed by atoms with Crippen molar-refractivity contribution in [1.29, 1.82) is 0 Å². The van der Waals surface area contributed by atoms with Gasteiger partial charge in [0.1, 0.15) is 5.82 Å². The Kier molecular flexibility index (Phi) is 6.24. The number of halogens is 1. The van der Waals surface area contributed by atoms with E-state index in [4.69, 9.17) is 5.73 Å². The summed E-state index contributed by atoms with van der Waals surface area (Å²) in [4.78, 5) is 23.6. The molecule has 0 saturated heterocycles. The molecule has 1 amide bonds. The van der Waals surface area contributed by atoms with Crippen molar-refractivity contribution >= 4 is 52.4 Å². The second kappa shape index (κ2) is 9.42. The Labute approximate surface area is 196 Å². The van der Waals surface area contributed by atoms with Crippen LogP contribution in [-0.4, -0.2) is 20.9 Å². The fourth-order valence-corrected chi connectivity index (χ4v) is 3.50. The van der Waals surface area contributed by atoms with Gasteiger partial charge in [-0.25, -0.2) is 4.98 Å². The van der Waals surface area contributed by atoms with E-state index in [9.17, 15) is 4.79 Å². The first kappa shape index (κ1) is 21.9. The molecule has 0 atom stereocenters. The molecule has 0 radical (unpaired) electrons. The maximum absolute atomic E-state index is 11.4. The summed E-state index contributed by atoms with van der Waals surface area (Å²) in [6, 6.07) is 27.2. The van der Waals surface area contributed by atoms with Crippen LogP contribution in [0.5, 0.6) is 0 Å². The van der Waals surface area contributed by atoms with Gasteiger partial charge in [-0.1, -0.05) is 36.4 Å². The molecule has 0 unspecified atom stereocenters. The number of aromatic nitrogens is 3. The van der Waals surface area contributed by atoms with Crippen molar-refractivity contribution in [2.75, 3.05) is 10.6 Å². The number of nitrogens with zero attached hydrogens (tertiary/aromatic N) is 2. The summed E-state index contributed by atoms with van der Waals surface area (Å²) in [6.45, 7) is 0. The molecule has 2 aromatic heterocycles. The molecule has 0 saturated carbocycles. The van der Waals surface area contributed by atoms with Crippen LogP contribution in [0.3, 0.4) is 0 Å². The maximum atomic E-state index is 11.4. The first-order valence-electron chi connectivity index (χ1n) is 10.1. The van der Waals surface area contributed by atoms with E-state index in [2.05, 4.69) is 49.9 Å². The van der Waals surface area contributed by atoms with Crippen LogP contribution in [0.2, 0.25) is 0 Å². The number of H-pyrrole nitrogens is 1. The average Bonchev–Trinajstić information content (AvgIpc) is 3.24. The minimum atomic E-state index is -0.486. The summed E-state index contributed by atoms with van der Waals surface area (Å²) in [5.41, 5.74) is 10.6. The molecule has 164 valence electrons. The normalized spacial score (nSPS) is 10.4. The lowest BCUT2D eigenvalue weighted by atomic mass is 10.1. The van der Waals surface area contributed by atoms with E-state index in [1.54, 1.807) is 30.5 Å². The van der Waals surface area contributed by atoms with Crippen molar-refractivity contribution in [3.05, 3.63) is 96.7 Å². The molecule has 5 N–H and O–H groups in total. The molecule has 0 aliphatic rings. The van der Waals surface area contributed by atoms with Crippen molar-refractivity contribution in [3.8, 4) is 11.3 Å². The zero-order valence-corrected chi connectivity index (χ0v) is 18.3. The zero-order valence-electron chi connectivity index (χ0n) is 17.4. The number of nitrogens with two attached hydrogens (primary N) is 1. The largest absolute Gasteiger partial charge is 0.366 e. The Morgan fingerprint density at radius 1 is 0.848 bits per heavy atom. The van der Waals surface area contributed by atoms with Gasteiger partial charge in [0.15, 0.2) is 0 Å². The van der Waals surface area contributed by atoms with Crippen LogP contribution < -0.4 is 16.4 Å². The second-order valence-corrected chi connectivity index (χ2v) is 7.31. The topological polar surface area (TPSA) is 109 Å². The fraction of sp³-hybridized carbons (Fsp3) is 0. The smallest absolute Gasteiger partial charge is 0.248 e. The lowest BCUT2D eigenvalue weighted by Gasteiger charge is -2.09. The van der Waals surface area contributed by atoms with Gasteiger partial charge in [0.25, 0.3) is 0 Å². The van der Waals surface area contributed by atoms with Crippen LogP contribution in [0, 0.1) is 0 Å². The predicted molar refractivity (Wildman–Crippen MR) is 135 cm³/mol. The number of primary amides is 1. The highest BCUT2D eigenvalue weighted by Crippen LogP contribution is 2.27. The standard InChI is InChI=1S/C25H20N6O.ClH/c26-24(32)17-7-4-8-19(13-17)29-25-27-12-11-23(31-25)28-20-9-10-21-18(14-20)15-22(30-21)16-5-2-1-3-6-16;/h1-15,30H,(H2,26,32)(H2,27,28,29,31);1H. The van der Waals surface area contributed by atoms with Crippen LogP contribution in [0.15, 0.2) is 91.1 Å². The lowest BCUT2D eigenvalue weighted by molar-refractivity contribution is 0.100. The molecular weight excluding hydrogens is 436 g/mol. The predicted octanol–water partition coefficient (Wildman–Crippen LogP) is 5.63. The molecule has 33 heavy (non-hydrogen) atoms. The van der Waals surface area contributed by atoms with Gasteiger partial charge >= 0.3 is 0 Å². The van der Waals surface area contributed by atoms with Crippen molar-refractivity contribution < 1.29 is 4.79 Å². The SMILES string of the molecule is Cl.NC(=O)c1cccc(Nc2nccc(Nc3ccc4[nH]c(-c5ccccc5)cc4c3)n2)c1. The number of carbonyl (C=O) groups is 1. The molecule has 7 nitrogen and oxygen atoms in total. The Hall–Kier alpha value is -4.36. The lowest BCUT2D eigenvalue weighted by Crippen LogP contribution is -2.11. The summed E-state index contributed by atoms with van der Waals surface area (Å²) in [5.74, 6) is 0.568. The van der Waals surface area contributed by atoms with Gasteiger partial charge in [0.2, 0.25) is 11.9 Å². The Morgan fingerprint density at radius 3 is 2.48 bits per heavy atom. The molecule has 0 fully saturated rings. The fourth-order valence-electron chi connectivity index (χ4n) is 3.50. The van der Waals surface area contributed by atoms with Crippen LogP contribution in [0.25, 0.3) is 22.2 Å². The maximum Gasteiger partial charge on any atom is 0.248 e. The Balaban J connectivity index is 0.00000259. The molecule has 5 aromatic rings. The van der Waals surface area contributed by atoms with Gasteiger partial charge < -0.3 is 21.4 Å². The average molecular weight is 457 g/mol. The number of nitrogens with one attached hydrogen (secondary N) is 3. The van der Waals surface area contributed by atoms with E-state index in [0.29, 0.717) is 23.0 Å². The van der Waals surface area contributed by atoms with Gasteiger partial charge in [0.05, 0.1) is 0 Å². The number of carbonyl (C=O) groups excluding carboxylic acids is 1. The monoisotopic (exact) mass is 456 g/mol. The molecule has 2 heterocycles. The summed E-state index contributed by atoms with van der Waals surface area (Å²) in [5, 5.41) is 7.52. The molecule has 0 aliphatic heterocycles. The van der Waals surface area contributed by atoms with E-state index < -0.39 is 5.91 Å². The quantitative estimate of drug-likeness (QED) is 0.264. The highest BCUT2D eigenvalue weighted by atomic mass is 35.5.